The Bertz CT molecular complexity index is 841. The Labute approximate surface area is 138 Å². The minimum atomic E-state index is 0.582. The summed E-state index contributed by atoms with van der Waals surface area (Å²) < 4.78 is 5.87. The van der Waals surface area contributed by atoms with E-state index in [1.54, 1.807) is 6.20 Å². The van der Waals surface area contributed by atoms with Gasteiger partial charge in [0.1, 0.15) is 16.9 Å². The maximum Gasteiger partial charge on any atom is 0.298 e. The molecule has 0 bridgehead atoms. The third-order valence-electron chi connectivity index (χ3n) is 4.03. The number of hydrogen-bond donors (Lipinski definition) is 0. The Morgan fingerprint density at radius 3 is 2.70 bits per heavy atom. The lowest BCUT2D eigenvalue weighted by molar-refractivity contribution is 0.540. The summed E-state index contributed by atoms with van der Waals surface area (Å²) in [6.07, 6.45) is 3.15. The van der Waals surface area contributed by atoms with Gasteiger partial charge in [0, 0.05) is 26.2 Å². The summed E-state index contributed by atoms with van der Waals surface area (Å²) in [7, 11) is 0. The highest BCUT2D eigenvalue weighted by atomic mass is 35.5. The molecule has 1 aliphatic heterocycles. The standard InChI is InChI=1S/C16H16ClN5O/c1-11-2-3-14-13(8-11)20-16(23-14)22-6-4-21(5-7-22)15-12(17)9-18-10-19-15/h2-3,8-10H,4-7H2,1H3. The van der Waals surface area contributed by atoms with Crippen LogP contribution in [0.3, 0.4) is 0 Å². The molecule has 0 aliphatic carbocycles. The summed E-state index contributed by atoms with van der Waals surface area (Å²) >= 11 is 6.17. The molecule has 0 N–H and O–H groups in total. The number of fused-ring (bicyclic) bond motifs is 1. The Kier molecular flexibility index (Phi) is 3.53. The van der Waals surface area contributed by atoms with Crippen LogP contribution in [-0.2, 0) is 0 Å². The van der Waals surface area contributed by atoms with E-state index in [0.29, 0.717) is 11.0 Å². The van der Waals surface area contributed by atoms with Gasteiger partial charge in [-0.3, -0.25) is 0 Å². The van der Waals surface area contributed by atoms with Crippen molar-refractivity contribution in [2.45, 2.75) is 6.92 Å². The Morgan fingerprint density at radius 1 is 1.13 bits per heavy atom. The van der Waals surface area contributed by atoms with Gasteiger partial charge in [-0.1, -0.05) is 17.7 Å². The number of anilines is 2. The molecule has 1 aliphatic rings. The first kappa shape index (κ1) is 14.3. The van der Waals surface area contributed by atoms with Crippen LogP contribution in [0.5, 0.6) is 0 Å². The van der Waals surface area contributed by atoms with Crippen molar-refractivity contribution in [3.05, 3.63) is 41.3 Å². The van der Waals surface area contributed by atoms with Crippen molar-refractivity contribution < 1.29 is 4.42 Å². The molecule has 0 amide bonds. The van der Waals surface area contributed by atoms with Crippen LogP contribution in [0, 0.1) is 6.92 Å². The van der Waals surface area contributed by atoms with Gasteiger partial charge in [0.25, 0.3) is 6.01 Å². The molecule has 118 valence electrons. The quantitative estimate of drug-likeness (QED) is 0.720. The van der Waals surface area contributed by atoms with Gasteiger partial charge < -0.3 is 14.2 Å². The fraction of sp³-hybridized carbons (Fsp3) is 0.312. The Morgan fingerprint density at radius 2 is 1.91 bits per heavy atom. The van der Waals surface area contributed by atoms with E-state index in [9.17, 15) is 0 Å². The fourth-order valence-electron chi connectivity index (χ4n) is 2.81. The summed E-state index contributed by atoms with van der Waals surface area (Å²) in [5.74, 6) is 0.787. The molecule has 4 rings (SSSR count). The number of nitrogens with zero attached hydrogens (tertiary/aromatic N) is 5. The predicted molar refractivity (Wildman–Crippen MR) is 90.2 cm³/mol. The van der Waals surface area contributed by atoms with E-state index in [1.165, 1.54) is 11.9 Å². The van der Waals surface area contributed by atoms with Crippen LogP contribution in [0.4, 0.5) is 11.8 Å². The maximum absolute atomic E-state index is 6.17. The number of aryl methyl sites for hydroxylation is 1. The fourth-order valence-corrected chi connectivity index (χ4v) is 3.03. The molecule has 0 radical (unpaired) electrons. The molecule has 0 spiro atoms. The molecule has 23 heavy (non-hydrogen) atoms. The number of oxazole rings is 1. The average Bonchev–Trinajstić information content (AvgIpc) is 2.98. The normalized spacial score (nSPS) is 15.4. The number of rotatable bonds is 2. The molecule has 2 aromatic heterocycles. The van der Waals surface area contributed by atoms with E-state index in [2.05, 4.69) is 31.7 Å². The lowest BCUT2D eigenvalue weighted by Crippen LogP contribution is -2.47. The van der Waals surface area contributed by atoms with Crippen molar-refractivity contribution in [1.29, 1.82) is 0 Å². The van der Waals surface area contributed by atoms with Gasteiger partial charge in [-0.05, 0) is 24.6 Å². The first-order valence-electron chi connectivity index (χ1n) is 7.53. The van der Waals surface area contributed by atoms with Gasteiger partial charge in [0.2, 0.25) is 0 Å². The average molecular weight is 330 g/mol. The van der Waals surface area contributed by atoms with Crippen molar-refractivity contribution in [2.24, 2.45) is 0 Å². The zero-order chi connectivity index (χ0) is 15.8. The van der Waals surface area contributed by atoms with E-state index in [-0.39, 0.29) is 0 Å². The zero-order valence-corrected chi connectivity index (χ0v) is 13.5. The van der Waals surface area contributed by atoms with Gasteiger partial charge in [0.05, 0.1) is 6.20 Å². The number of piperazine rings is 1. The highest BCUT2D eigenvalue weighted by Crippen LogP contribution is 2.26. The van der Waals surface area contributed by atoms with E-state index < -0.39 is 0 Å². The number of aromatic nitrogens is 3. The van der Waals surface area contributed by atoms with Gasteiger partial charge in [-0.2, -0.15) is 4.98 Å². The van der Waals surface area contributed by atoms with Crippen LogP contribution in [0.2, 0.25) is 5.02 Å². The molecule has 3 heterocycles. The molecular weight excluding hydrogens is 314 g/mol. The largest absolute Gasteiger partial charge is 0.423 e. The Balaban J connectivity index is 1.51. The molecule has 6 nitrogen and oxygen atoms in total. The first-order chi connectivity index (χ1) is 11.2. The smallest absolute Gasteiger partial charge is 0.298 e. The van der Waals surface area contributed by atoms with Crippen LogP contribution in [-0.4, -0.2) is 41.1 Å². The van der Waals surface area contributed by atoms with Gasteiger partial charge in [-0.15, -0.1) is 0 Å². The van der Waals surface area contributed by atoms with Crippen LogP contribution in [0.1, 0.15) is 5.56 Å². The lowest BCUT2D eigenvalue weighted by atomic mass is 10.2. The molecular formula is C16H16ClN5O. The molecule has 1 aromatic carbocycles. The molecule has 1 fully saturated rings. The van der Waals surface area contributed by atoms with E-state index in [4.69, 9.17) is 16.0 Å². The number of halogens is 1. The van der Waals surface area contributed by atoms with Crippen LogP contribution in [0.15, 0.2) is 35.1 Å². The van der Waals surface area contributed by atoms with Crippen molar-refractivity contribution >= 4 is 34.5 Å². The van der Waals surface area contributed by atoms with E-state index in [0.717, 1.165) is 43.1 Å². The highest BCUT2D eigenvalue weighted by Gasteiger charge is 2.23. The van der Waals surface area contributed by atoms with Gasteiger partial charge >= 0.3 is 0 Å². The van der Waals surface area contributed by atoms with Crippen molar-refractivity contribution in [2.75, 3.05) is 36.0 Å². The number of hydrogen-bond acceptors (Lipinski definition) is 6. The topological polar surface area (TPSA) is 58.3 Å². The van der Waals surface area contributed by atoms with Crippen LogP contribution in [0.25, 0.3) is 11.1 Å². The molecule has 3 aromatic rings. The second-order valence-corrected chi connectivity index (χ2v) is 6.04. The SMILES string of the molecule is Cc1ccc2oc(N3CCN(c4ncncc4Cl)CC3)nc2c1. The summed E-state index contributed by atoms with van der Waals surface area (Å²) in [6.45, 7) is 5.30. The van der Waals surface area contributed by atoms with Crippen molar-refractivity contribution in [3.8, 4) is 0 Å². The second kappa shape index (κ2) is 5.70. The van der Waals surface area contributed by atoms with E-state index >= 15 is 0 Å². The van der Waals surface area contributed by atoms with Gasteiger partial charge in [-0.25, -0.2) is 9.97 Å². The predicted octanol–water partition coefficient (Wildman–Crippen LogP) is 2.91. The summed E-state index contributed by atoms with van der Waals surface area (Å²) in [4.78, 5) is 17.1. The monoisotopic (exact) mass is 329 g/mol. The van der Waals surface area contributed by atoms with Crippen molar-refractivity contribution in [1.82, 2.24) is 15.0 Å². The minimum absolute atomic E-state index is 0.582. The highest BCUT2D eigenvalue weighted by molar-refractivity contribution is 6.32. The summed E-state index contributed by atoms with van der Waals surface area (Å²) in [6, 6.07) is 6.72. The minimum Gasteiger partial charge on any atom is -0.423 e. The van der Waals surface area contributed by atoms with Gasteiger partial charge in [0.15, 0.2) is 11.4 Å². The van der Waals surface area contributed by atoms with Crippen molar-refractivity contribution in [3.63, 3.8) is 0 Å². The summed E-state index contributed by atoms with van der Waals surface area (Å²) in [5, 5.41) is 0.582. The Hall–Kier alpha value is -2.34. The van der Waals surface area contributed by atoms with Crippen LogP contribution < -0.4 is 9.80 Å². The molecule has 0 atom stereocenters. The van der Waals surface area contributed by atoms with E-state index in [1.807, 2.05) is 18.2 Å². The third kappa shape index (κ3) is 2.70. The molecule has 1 saturated heterocycles. The summed E-state index contributed by atoms with van der Waals surface area (Å²) in [5.41, 5.74) is 2.91. The second-order valence-electron chi connectivity index (χ2n) is 5.64. The molecule has 0 saturated carbocycles. The lowest BCUT2D eigenvalue weighted by Gasteiger charge is -2.34. The third-order valence-corrected chi connectivity index (χ3v) is 4.30. The first-order valence-corrected chi connectivity index (χ1v) is 7.91. The maximum atomic E-state index is 6.17. The zero-order valence-electron chi connectivity index (χ0n) is 12.7. The molecule has 0 unspecified atom stereocenters. The molecule has 7 heteroatoms. The van der Waals surface area contributed by atoms with Crippen LogP contribution >= 0.6 is 11.6 Å². The number of benzene rings is 1.